The molecule has 2 nitrogen and oxygen atoms in total. The van der Waals surface area contributed by atoms with Gasteiger partial charge in [-0.3, -0.25) is 0 Å². The summed E-state index contributed by atoms with van der Waals surface area (Å²) in [5.74, 6) is 1.17. The molecule has 0 amide bonds. The molecule has 18 heavy (non-hydrogen) atoms. The zero-order valence-corrected chi connectivity index (χ0v) is 12.9. The van der Waals surface area contributed by atoms with E-state index in [-0.39, 0.29) is 0 Å². The largest absolute Gasteiger partial charge is 0.373 e. The number of thioether (sulfide) groups is 1. The molecule has 0 aliphatic rings. The van der Waals surface area contributed by atoms with Gasteiger partial charge in [0.05, 0.1) is 0 Å². The summed E-state index contributed by atoms with van der Waals surface area (Å²) in [6.45, 7) is 6.52. The van der Waals surface area contributed by atoms with E-state index in [1.807, 2.05) is 11.8 Å². The number of nitrogens with zero attached hydrogens (tertiary/aromatic N) is 1. The van der Waals surface area contributed by atoms with E-state index in [1.165, 1.54) is 17.0 Å². The van der Waals surface area contributed by atoms with E-state index in [2.05, 4.69) is 61.6 Å². The van der Waals surface area contributed by atoms with Gasteiger partial charge in [-0.15, -0.1) is 0 Å². The third-order valence-electron chi connectivity index (χ3n) is 3.21. The van der Waals surface area contributed by atoms with Gasteiger partial charge < -0.3 is 10.2 Å². The van der Waals surface area contributed by atoms with E-state index >= 15 is 0 Å². The summed E-state index contributed by atoms with van der Waals surface area (Å²) in [4.78, 5) is 2.37. The quantitative estimate of drug-likeness (QED) is 0.774. The Kier molecular flexibility index (Phi) is 7.21. The summed E-state index contributed by atoms with van der Waals surface area (Å²) in [5, 5.41) is 3.57. The third kappa shape index (κ3) is 4.21. The minimum Gasteiger partial charge on any atom is -0.373 e. The summed E-state index contributed by atoms with van der Waals surface area (Å²) < 4.78 is 0. The summed E-state index contributed by atoms with van der Waals surface area (Å²) in [5.41, 5.74) is 2.78. The molecule has 0 fully saturated rings. The molecule has 1 aromatic rings. The monoisotopic (exact) mass is 266 g/mol. The van der Waals surface area contributed by atoms with Crippen molar-refractivity contribution in [3.63, 3.8) is 0 Å². The molecule has 0 saturated carbocycles. The van der Waals surface area contributed by atoms with Gasteiger partial charge >= 0.3 is 0 Å². The maximum Gasteiger partial charge on any atom is 0.0412 e. The minimum atomic E-state index is 0.461. The Balaban J connectivity index is 2.89. The standard InChI is InChI=1S/C15H26N2S/c1-5-14(16-6-2)13-9-7-8-10-15(13)17(3)11-12-18-4/h7-10,14,16H,5-6,11-12H2,1-4H3. The first-order valence-corrected chi connectivity index (χ1v) is 8.16. The third-order valence-corrected chi connectivity index (χ3v) is 3.80. The van der Waals surface area contributed by atoms with Crippen molar-refractivity contribution >= 4 is 17.4 Å². The molecule has 1 unspecified atom stereocenters. The molecule has 0 aliphatic carbocycles. The van der Waals surface area contributed by atoms with Gasteiger partial charge in [-0.2, -0.15) is 11.8 Å². The average Bonchev–Trinajstić information content (AvgIpc) is 2.42. The Bertz CT molecular complexity index is 341. The van der Waals surface area contributed by atoms with Crippen LogP contribution in [0.4, 0.5) is 5.69 Å². The lowest BCUT2D eigenvalue weighted by atomic mass is 10.0. The second kappa shape index (κ2) is 8.44. The van der Waals surface area contributed by atoms with Crippen LogP contribution in [0.1, 0.15) is 31.9 Å². The Morgan fingerprint density at radius 2 is 2.00 bits per heavy atom. The Labute approximate surface area is 116 Å². The number of hydrogen-bond acceptors (Lipinski definition) is 3. The smallest absolute Gasteiger partial charge is 0.0412 e. The summed E-state index contributed by atoms with van der Waals surface area (Å²) in [6, 6.07) is 9.22. The molecule has 1 aromatic carbocycles. The van der Waals surface area contributed by atoms with Crippen molar-refractivity contribution < 1.29 is 0 Å². The van der Waals surface area contributed by atoms with Crippen LogP contribution in [-0.2, 0) is 0 Å². The lowest BCUT2D eigenvalue weighted by Gasteiger charge is -2.26. The van der Waals surface area contributed by atoms with Crippen LogP contribution < -0.4 is 10.2 Å². The van der Waals surface area contributed by atoms with Gasteiger partial charge in [0.15, 0.2) is 0 Å². The van der Waals surface area contributed by atoms with E-state index in [0.29, 0.717) is 6.04 Å². The Hall–Kier alpha value is -0.670. The second-order valence-electron chi connectivity index (χ2n) is 4.49. The van der Waals surface area contributed by atoms with E-state index in [9.17, 15) is 0 Å². The zero-order valence-electron chi connectivity index (χ0n) is 12.1. The lowest BCUT2D eigenvalue weighted by molar-refractivity contribution is 0.537. The second-order valence-corrected chi connectivity index (χ2v) is 5.48. The molecule has 1 N–H and O–H groups in total. The van der Waals surface area contributed by atoms with Crippen LogP contribution in [0.2, 0.25) is 0 Å². The molecule has 1 atom stereocenters. The van der Waals surface area contributed by atoms with E-state index in [0.717, 1.165) is 19.5 Å². The van der Waals surface area contributed by atoms with E-state index in [4.69, 9.17) is 0 Å². The number of nitrogens with one attached hydrogen (secondary N) is 1. The first-order valence-electron chi connectivity index (χ1n) is 6.76. The SMILES string of the molecule is CCNC(CC)c1ccccc1N(C)CCSC. The molecule has 0 aliphatic heterocycles. The predicted octanol–water partition coefficient (Wildman–Crippen LogP) is 3.55. The van der Waals surface area contributed by atoms with Gasteiger partial charge in [-0.05, 0) is 30.9 Å². The molecular weight excluding hydrogens is 240 g/mol. The Morgan fingerprint density at radius 1 is 1.28 bits per heavy atom. The number of para-hydroxylation sites is 1. The molecule has 0 spiro atoms. The van der Waals surface area contributed by atoms with E-state index in [1.54, 1.807) is 0 Å². The molecular formula is C15H26N2S. The predicted molar refractivity (Wildman–Crippen MR) is 84.8 cm³/mol. The van der Waals surface area contributed by atoms with Crippen molar-refractivity contribution in [2.75, 3.05) is 37.0 Å². The van der Waals surface area contributed by atoms with Crippen molar-refractivity contribution in [2.45, 2.75) is 26.3 Å². The first-order chi connectivity index (χ1) is 8.74. The molecule has 0 bridgehead atoms. The van der Waals surface area contributed by atoms with Crippen molar-refractivity contribution in [1.29, 1.82) is 0 Å². The van der Waals surface area contributed by atoms with Crippen molar-refractivity contribution in [3.05, 3.63) is 29.8 Å². The fraction of sp³-hybridized carbons (Fsp3) is 0.600. The van der Waals surface area contributed by atoms with Crippen LogP contribution in [0.3, 0.4) is 0 Å². The molecule has 102 valence electrons. The highest BCUT2D eigenvalue weighted by Gasteiger charge is 2.14. The highest BCUT2D eigenvalue weighted by Crippen LogP contribution is 2.27. The molecule has 0 saturated heterocycles. The van der Waals surface area contributed by atoms with Crippen LogP contribution in [0.5, 0.6) is 0 Å². The molecule has 0 aromatic heterocycles. The molecule has 0 heterocycles. The van der Waals surface area contributed by atoms with Gasteiger partial charge in [0, 0.05) is 31.1 Å². The fourth-order valence-corrected chi connectivity index (χ4v) is 2.66. The molecule has 3 heteroatoms. The van der Waals surface area contributed by atoms with Crippen LogP contribution in [0.15, 0.2) is 24.3 Å². The summed E-state index contributed by atoms with van der Waals surface area (Å²) >= 11 is 1.90. The summed E-state index contributed by atoms with van der Waals surface area (Å²) in [6.07, 6.45) is 3.29. The van der Waals surface area contributed by atoms with Crippen LogP contribution in [0.25, 0.3) is 0 Å². The van der Waals surface area contributed by atoms with E-state index < -0.39 is 0 Å². The first kappa shape index (κ1) is 15.4. The average molecular weight is 266 g/mol. The number of anilines is 1. The van der Waals surface area contributed by atoms with Crippen molar-refractivity contribution in [2.24, 2.45) is 0 Å². The fourth-order valence-electron chi connectivity index (χ4n) is 2.20. The topological polar surface area (TPSA) is 15.3 Å². The van der Waals surface area contributed by atoms with Gasteiger partial charge in [0.1, 0.15) is 0 Å². The maximum atomic E-state index is 3.57. The van der Waals surface area contributed by atoms with Gasteiger partial charge in [0.2, 0.25) is 0 Å². The molecule has 0 radical (unpaired) electrons. The van der Waals surface area contributed by atoms with Gasteiger partial charge in [-0.25, -0.2) is 0 Å². The number of benzene rings is 1. The van der Waals surface area contributed by atoms with Gasteiger partial charge in [0.25, 0.3) is 0 Å². The number of rotatable bonds is 8. The van der Waals surface area contributed by atoms with Crippen LogP contribution >= 0.6 is 11.8 Å². The van der Waals surface area contributed by atoms with Crippen LogP contribution in [0, 0.1) is 0 Å². The van der Waals surface area contributed by atoms with Crippen molar-refractivity contribution in [3.8, 4) is 0 Å². The zero-order chi connectivity index (χ0) is 13.4. The summed E-state index contributed by atoms with van der Waals surface area (Å²) in [7, 11) is 2.19. The normalized spacial score (nSPS) is 12.4. The highest BCUT2D eigenvalue weighted by molar-refractivity contribution is 7.98. The minimum absolute atomic E-state index is 0.461. The van der Waals surface area contributed by atoms with Crippen LogP contribution in [-0.4, -0.2) is 32.1 Å². The lowest BCUT2D eigenvalue weighted by Crippen LogP contribution is -2.26. The maximum absolute atomic E-state index is 3.57. The Morgan fingerprint density at radius 3 is 2.61 bits per heavy atom. The number of hydrogen-bond donors (Lipinski definition) is 1. The molecule has 1 rings (SSSR count). The van der Waals surface area contributed by atoms with Crippen molar-refractivity contribution in [1.82, 2.24) is 5.32 Å². The highest BCUT2D eigenvalue weighted by atomic mass is 32.2. The van der Waals surface area contributed by atoms with Gasteiger partial charge in [-0.1, -0.05) is 32.0 Å².